The van der Waals surface area contributed by atoms with Gasteiger partial charge in [0.2, 0.25) is 5.91 Å². The van der Waals surface area contributed by atoms with E-state index >= 15 is 0 Å². The number of carbonyl (C=O) groups is 1. The van der Waals surface area contributed by atoms with Crippen molar-refractivity contribution >= 4 is 21.8 Å². The van der Waals surface area contributed by atoms with Crippen LogP contribution in [0, 0.1) is 0 Å². The zero-order valence-corrected chi connectivity index (χ0v) is 10.9. The molecular weight excluding hydrogens is 286 g/mol. The molecule has 1 fully saturated rings. The molecule has 92 valence electrons. The van der Waals surface area contributed by atoms with Crippen LogP contribution in [0.4, 0.5) is 0 Å². The van der Waals surface area contributed by atoms with Crippen molar-refractivity contribution in [2.45, 2.75) is 19.1 Å². The second-order valence-electron chi connectivity index (χ2n) is 3.78. The van der Waals surface area contributed by atoms with Crippen LogP contribution in [0.1, 0.15) is 5.69 Å². The first kappa shape index (κ1) is 12.3. The average Bonchev–Trinajstić information content (AvgIpc) is 2.77. The van der Waals surface area contributed by atoms with Gasteiger partial charge in [-0.2, -0.15) is 0 Å². The van der Waals surface area contributed by atoms with Crippen molar-refractivity contribution in [1.29, 1.82) is 0 Å². The summed E-state index contributed by atoms with van der Waals surface area (Å²) in [6.45, 7) is 1.93. The molecule has 0 bridgehead atoms. The van der Waals surface area contributed by atoms with Crippen LogP contribution < -0.4 is 5.32 Å². The van der Waals surface area contributed by atoms with Crippen molar-refractivity contribution < 1.29 is 9.53 Å². The summed E-state index contributed by atoms with van der Waals surface area (Å²) in [6.07, 6.45) is 5.77. The summed E-state index contributed by atoms with van der Waals surface area (Å²) in [5.41, 5.74) is 0.870. The van der Waals surface area contributed by atoms with E-state index < -0.39 is 6.10 Å². The van der Waals surface area contributed by atoms with Gasteiger partial charge in [-0.3, -0.25) is 4.79 Å². The molecule has 1 N–H and O–H groups in total. The van der Waals surface area contributed by atoms with Crippen molar-refractivity contribution in [2.75, 3.05) is 13.2 Å². The molecule has 5 nitrogen and oxygen atoms in total. The van der Waals surface area contributed by atoms with E-state index in [4.69, 9.17) is 4.74 Å². The largest absolute Gasteiger partial charge is 0.366 e. The van der Waals surface area contributed by atoms with Crippen molar-refractivity contribution in [1.82, 2.24) is 14.9 Å². The predicted molar refractivity (Wildman–Crippen MR) is 66.7 cm³/mol. The van der Waals surface area contributed by atoms with Crippen molar-refractivity contribution in [3.63, 3.8) is 0 Å². The zero-order valence-electron chi connectivity index (χ0n) is 9.30. The molecule has 0 spiro atoms. The number of aromatic nitrogens is 2. The number of nitrogens with one attached hydrogen (secondary N) is 1. The minimum absolute atomic E-state index is 0.0499. The molecule has 17 heavy (non-hydrogen) atoms. The Kier molecular flexibility index (Phi) is 4.33. The van der Waals surface area contributed by atoms with Gasteiger partial charge in [-0.15, -0.1) is 0 Å². The Bertz CT molecular complexity index is 417. The van der Waals surface area contributed by atoms with Gasteiger partial charge in [0, 0.05) is 25.7 Å². The molecule has 0 saturated carbocycles. The number of ether oxygens (including phenoxy) is 1. The maximum absolute atomic E-state index is 11.5. The summed E-state index contributed by atoms with van der Waals surface area (Å²) < 4.78 is 7.35. The summed E-state index contributed by atoms with van der Waals surface area (Å²) in [5.74, 6) is -0.0499. The summed E-state index contributed by atoms with van der Waals surface area (Å²) >= 11 is 3.21. The van der Waals surface area contributed by atoms with Crippen LogP contribution in [0.25, 0.3) is 0 Å². The number of rotatable bonds is 4. The van der Waals surface area contributed by atoms with Gasteiger partial charge in [0.25, 0.3) is 0 Å². The van der Waals surface area contributed by atoms with Crippen LogP contribution in [0.3, 0.4) is 0 Å². The minimum Gasteiger partial charge on any atom is -0.366 e. The third kappa shape index (κ3) is 3.41. The highest BCUT2D eigenvalue weighted by Gasteiger charge is 2.23. The normalized spacial score (nSPS) is 20.8. The molecule has 1 aliphatic heterocycles. The Labute approximate surface area is 108 Å². The number of allylic oxidation sites excluding steroid dienone is 1. The molecule has 2 rings (SSSR count). The SMILES string of the molecule is O=C1NCCOC1Cc1cn(CC=CBr)cn1. The third-order valence-electron chi connectivity index (χ3n) is 2.50. The number of amides is 1. The summed E-state index contributed by atoms with van der Waals surface area (Å²) in [4.78, 5) is 17.6. The average molecular weight is 300 g/mol. The van der Waals surface area contributed by atoms with E-state index in [2.05, 4.69) is 26.2 Å². The minimum atomic E-state index is -0.404. The molecule has 1 aromatic heterocycles. The maximum Gasteiger partial charge on any atom is 0.249 e. The number of morpholine rings is 1. The number of hydrogen-bond acceptors (Lipinski definition) is 3. The Morgan fingerprint density at radius 1 is 1.71 bits per heavy atom. The van der Waals surface area contributed by atoms with E-state index in [1.807, 2.05) is 21.8 Å². The van der Waals surface area contributed by atoms with Gasteiger partial charge in [-0.1, -0.05) is 22.0 Å². The number of carbonyl (C=O) groups excluding carboxylic acids is 1. The Hall–Kier alpha value is -1.14. The molecule has 2 heterocycles. The lowest BCUT2D eigenvalue weighted by atomic mass is 10.2. The second-order valence-corrected chi connectivity index (χ2v) is 4.31. The number of halogens is 1. The molecular formula is C11H14BrN3O2. The topological polar surface area (TPSA) is 56.1 Å². The number of hydrogen-bond donors (Lipinski definition) is 1. The molecule has 1 unspecified atom stereocenters. The van der Waals surface area contributed by atoms with Gasteiger partial charge in [0.1, 0.15) is 6.10 Å². The third-order valence-corrected chi connectivity index (χ3v) is 2.87. The first-order valence-electron chi connectivity index (χ1n) is 5.45. The highest BCUT2D eigenvalue weighted by atomic mass is 79.9. The molecule has 1 atom stereocenters. The van der Waals surface area contributed by atoms with E-state index in [1.165, 1.54) is 0 Å². The lowest BCUT2D eigenvalue weighted by molar-refractivity contribution is -0.137. The second kappa shape index (κ2) is 5.97. The van der Waals surface area contributed by atoms with E-state index in [9.17, 15) is 4.79 Å². The zero-order chi connectivity index (χ0) is 12.1. The van der Waals surface area contributed by atoms with Gasteiger partial charge < -0.3 is 14.6 Å². The molecule has 0 radical (unpaired) electrons. The maximum atomic E-state index is 11.5. The van der Waals surface area contributed by atoms with Crippen LogP contribution in [0.15, 0.2) is 23.6 Å². The highest BCUT2D eigenvalue weighted by molar-refractivity contribution is 9.11. The number of nitrogens with zero attached hydrogens (tertiary/aromatic N) is 2. The fourth-order valence-corrected chi connectivity index (χ4v) is 1.85. The van der Waals surface area contributed by atoms with E-state index in [0.717, 1.165) is 12.2 Å². The predicted octanol–water partition coefficient (Wildman–Crippen LogP) is 0.849. The molecule has 1 amide bonds. The smallest absolute Gasteiger partial charge is 0.249 e. The molecule has 1 aliphatic rings. The van der Waals surface area contributed by atoms with Crippen LogP contribution in [-0.2, 0) is 22.5 Å². The monoisotopic (exact) mass is 299 g/mol. The molecule has 1 saturated heterocycles. The highest BCUT2D eigenvalue weighted by Crippen LogP contribution is 2.07. The summed E-state index contributed by atoms with van der Waals surface area (Å²) in [7, 11) is 0. The Morgan fingerprint density at radius 3 is 3.35 bits per heavy atom. The van der Waals surface area contributed by atoms with Gasteiger partial charge in [-0.05, 0) is 4.99 Å². The quantitative estimate of drug-likeness (QED) is 0.897. The van der Waals surface area contributed by atoms with Crippen molar-refractivity contribution in [3.8, 4) is 0 Å². The van der Waals surface area contributed by atoms with Crippen LogP contribution in [0.2, 0.25) is 0 Å². The lowest BCUT2D eigenvalue weighted by Crippen LogP contribution is -2.45. The van der Waals surface area contributed by atoms with Crippen molar-refractivity contribution in [2.24, 2.45) is 0 Å². The van der Waals surface area contributed by atoms with E-state index in [0.29, 0.717) is 19.6 Å². The van der Waals surface area contributed by atoms with Crippen molar-refractivity contribution in [3.05, 3.63) is 29.3 Å². The van der Waals surface area contributed by atoms with Crippen LogP contribution >= 0.6 is 15.9 Å². The summed E-state index contributed by atoms with van der Waals surface area (Å²) in [5, 5.41) is 2.78. The Morgan fingerprint density at radius 2 is 2.59 bits per heavy atom. The van der Waals surface area contributed by atoms with E-state index in [1.54, 1.807) is 6.33 Å². The van der Waals surface area contributed by atoms with Gasteiger partial charge in [-0.25, -0.2) is 4.98 Å². The number of imidazole rings is 1. The van der Waals surface area contributed by atoms with Crippen LogP contribution in [0.5, 0.6) is 0 Å². The first-order valence-corrected chi connectivity index (χ1v) is 6.36. The van der Waals surface area contributed by atoms with E-state index in [-0.39, 0.29) is 5.91 Å². The van der Waals surface area contributed by atoms with Gasteiger partial charge in [0.15, 0.2) is 0 Å². The molecule has 0 aromatic carbocycles. The van der Waals surface area contributed by atoms with Gasteiger partial charge >= 0.3 is 0 Å². The molecule has 1 aromatic rings. The fourth-order valence-electron chi connectivity index (χ4n) is 1.68. The lowest BCUT2D eigenvalue weighted by Gasteiger charge is -2.21. The van der Waals surface area contributed by atoms with Gasteiger partial charge in [0.05, 0.1) is 18.6 Å². The Balaban J connectivity index is 1.93. The summed E-state index contributed by atoms with van der Waals surface area (Å²) in [6, 6.07) is 0. The first-order chi connectivity index (χ1) is 8.29. The standard InChI is InChI=1S/C11H14BrN3O2/c12-2-1-4-15-7-9(14-8-15)6-10-11(16)13-3-5-17-10/h1-2,7-8,10H,3-6H2,(H,13,16). The molecule has 6 heteroatoms. The molecule has 0 aliphatic carbocycles. The van der Waals surface area contributed by atoms with Crippen LogP contribution in [-0.4, -0.2) is 34.7 Å². The fraction of sp³-hybridized carbons (Fsp3) is 0.455.